The fourth-order valence-electron chi connectivity index (χ4n) is 2.50. The Morgan fingerprint density at radius 2 is 1.87 bits per heavy atom. The third kappa shape index (κ3) is 4.25. The topological polar surface area (TPSA) is 36.9 Å². The molecule has 0 amide bonds. The molecule has 4 heteroatoms. The summed E-state index contributed by atoms with van der Waals surface area (Å²) in [5.74, 6) is 1.97. The molecule has 0 saturated carbocycles. The molecule has 0 aromatic heterocycles. The molecular weight excluding hydrogens is 286 g/mol. The van der Waals surface area contributed by atoms with E-state index in [9.17, 15) is 0 Å². The molecule has 0 unspecified atom stereocenters. The van der Waals surface area contributed by atoms with Gasteiger partial charge in [-0.2, -0.15) is 0 Å². The maximum atomic E-state index is 5.82. The Kier molecular flexibility index (Phi) is 5.14. The summed E-state index contributed by atoms with van der Waals surface area (Å²) in [7, 11) is 0. The fraction of sp³-hybridized carbons (Fsp3) is 0.316. The molecule has 3 rings (SSSR count). The van der Waals surface area contributed by atoms with Crippen molar-refractivity contribution in [1.82, 2.24) is 5.43 Å². The molecule has 0 bridgehead atoms. The molecule has 23 heavy (non-hydrogen) atoms. The lowest BCUT2D eigenvalue weighted by molar-refractivity contribution is 0.306. The van der Waals surface area contributed by atoms with Crippen LogP contribution in [0.4, 0.5) is 5.69 Å². The lowest BCUT2D eigenvalue weighted by Gasteiger charge is -2.18. The standard InChI is InChI=1S/C19H23N3O/c1-2-13-20-19-12-14-22(21-19)17-8-10-18(11-9-17)23-15-16-6-4-3-5-7-16/h3-11H,2,12-15H2,1H3,(H,20,21). The highest BCUT2D eigenvalue weighted by Gasteiger charge is 2.16. The van der Waals surface area contributed by atoms with Crippen LogP contribution in [-0.4, -0.2) is 18.9 Å². The van der Waals surface area contributed by atoms with Gasteiger partial charge in [0.1, 0.15) is 18.2 Å². The van der Waals surface area contributed by atoms with Gasteiger partial charge < -0.3 is 4.74 Å². The van der Waals surface area contributed by atoms with Crippen LogP contribution in [0.2, 0.25) is 0 Å². The summed E-state index contributed by atoms with van der Waals surface area (Å²) in [5.41, 5.74) is 5.68. The zero-order chi connectivity index (χ0) is 15.9. The third-order valence-electron chi connectivity index (χ3n) is 3.76. The number of hydrogen-bond donors (Lipinski definition) is 1. The van der Waals surface area contributed by atoms with E-state index in [2.05, 4.69) is 46.6 Å². The van der Waals surface area contributed by atoms with Gasteiger partial charge in [0.2, 0.25) is 0 Å². The van der Waals surface area contributed by atoms with Crippen LogP contribution in [0.25, 0.3) is 0 Å². The molecule has 0 radical (unpaired) electrons. The molecule has 1 fully saturated rings. The highest BCUT2D eigenvalue weighted by atomic mass is 16.5. The molecule has 1 heterocycles. The normalized spacial score (nSPS) is 15.7. The number of anilines is 1. The van der Waals surface area contributed by atoms with E-state index in [0.29, 0.717) is 6.61 Å². The highest BCUT2D eigenvalue weighted by Crippen LogP contribution is 2.21. The first-order chi connectivity index (χ1) is 11.3. The summed E-state index contributed by atoms with van der Waals surface area (Å²) in [5, 5.41) is 2.13. The lowest BCUT2D eigenvalue weighted by Crippen LogP contribution is -2.33. The summed E-state index contributed by atoms with van der Waals surface area (Å²) in [6.07, 6.45) is 2.06. The molecular formula is C19H23N3O. The van der Waals surface area contributed by atoms with E-state index in [1.807, 2.05) is 30.3 Å². The van der Waals surface area contributed by atoms with Crippen molar-refractivity contribution in [1.29, 1.82) is 0 Å². The van der Waals surface area contributed by atoms with Crippen molar-refractivity contribution in [3.8, 4) is 5.75 Å². The number of benzene rings is 2. The molecule has 0 atom stereocenters. The van der Waals surface area contributed by atoms with Crippen LogP contribution in [0.1, 0.15) is 25.3 Å². The van der Waals surface area contributed by atoms with E-state index >= 15 is 0 Å². The Balaban J connectivity index is 1.55. The summed E-state index contributed by atoms with van der Waals surface area (Å²) >= 11 is 0. The monoisotopic (exact) mass is 309 g/mol. The lowest BCUT2D eigenvalue weighted by atomic mass is 10.2. The van der Waals surface area contributed by atoms with Crippen molar-refractivity contribution in [2.45, 2.75) is 26.4 Å². The molecule has 1 aliphatic heterocycles. The number of nitrogens with one attached hydrogen (secondary N) is 1. The van der Waals surface area contributed by atoms with Gasteiger partial charge in [-0.1, -0.05) is 37.3 Å². The predicted molar refractivity (Wildman–Crippen MR) is 94.9 cm³/mol. The van der Waals surface area contributed by atoms with Crippen LogP contribution in [0.15, 0.2) is 59.6 Å². The van der Waals surface area contributed by atoms with E-state index in [4.69, 9.17) is 4.74 Å². The van der Waals surface area contributed by atoms with Gasteiger partial charge in [-0.05, 0) is 36.2 Å². The van der Waals surface area contributed by atoms with Gasteiger partial charge in [-0.15, -0.1) is 0 Å². The molecule has 4 nitrogen and oxygen atoms in total. The maximum absolute atomic E-state index is 5.82. The number of hydrazine groups is 1. The van der Waals surface area contributed by atoms with Crippen molar-refractivity contribution in [3.05, 3.63) is 60.2 Å². The smallest absolute Gasteiger partial charge is 0.119 e. The van der Waals surface area contributed by atoms with Gasteiger partial charge in [0.15, 0.2) is 0 Å². The van der Waals surface area contributed by atoms with E-state index in [1.165, 1.54) is 5.56 Å². The predicted octanol–water partition coefficient (Wildman–Crippen LogP) is 3.79. The number of amidine groups is 1. The average molecular weight is 309 g/mol. The molecule has 2 aromatic carbocycles. The van der Waals surface area contributed by atoms with Gasteiger partial charge in [-0.25, -0.2) is 0 Å². The first-order valence-electron chi connectivity index (χ1n) is 8.19. The number of aliphatic imine (C=N–C) groups is 1. The number of ether oxygens (including phenoxy) is 1. The van der Waals surface area contributed by atoms with Crippen LogP contribution in [-0.2, 0) is 6.61 Å². The Morgan fingerprint density at radius 3 is 2.61 bits per heavy atom. The zero-order valence-corrected chi connectivity index (χ0v) is 13.5. The Labute approximate surface area is 137 Å². The summed E-state index contributed by atoms with van der Waals surface area (Å²) in [6, 6.07) is 18.4. The van der Waals surface area contributed by atoms with Crippen LogP contribution >= 0.6 is 0 Å². The number of nitrogens with zero attached hydrogens (tertiary/aromatic N) is 2. The molecule has 0 spiro atoms. The quantitative estimate of drug-likeness (QED) is 0.882. The average Bonchev–Trinajstić information content (AvgIpc) is 3.08. The summed E-state index contributed by atoms with van der Waals surface area (Å²) in [4.78, 5) is 4.54. The summed E-state index contributed by atoms with van der Waals surface area (Å²) < 4.78 is 5.82. The molecule has 1 saturated heterocycles. The molecule has 1 aliphatic rings. The second kappa shape index (κ2) is 7.68. The van der Waals surface area contributed by atoms with Crippen molar-refractivity contribution < 1.29 is 4.74 Å². The molecule has 120 valence electrons. The van der Waals surface area contributed by atoms with Crippen LogP contribution < -0.4 is 15.2 Å². The van der Waals surface area contributed by atoms with Gasteiger partial charge in [0.05, 0.1) is 5.69 Å². The van der Waals surface area contributed by atoms with Gasteiger partial charge >= 0.3 is 0 Å². The zero-order valence-electron chi connectivity index (χ0n) is 13.5. The van der Waals surface area contributed by atoms with Gasteiger partial charge in [-0.3, -0.25) is 15.4 Å². The van der Waals surface area contributed by atoms with Gasteiger partial charge in [0.25, 0.3) is 0 Å². The second-order valence-corrected chi connectivity index (χ2v) is 5.61. The van der Waals surface area contributed by atoms with Crippen molar-refractivity contribution >= 4 is 11.5 Å². The van der Waals surface area contributed by atoms with Crippen LogP contribution in [0.3, 0.4) is 0 Å². The van der Waals surface area contributed by atoms with E-state index in [1.54, 1.807) is 0 Å². The van der Waals surface area contributed by atoms with E-state index in [-0.39, 0.29) is 0 Å². The number of hydrogen-bond acceptors (Lipinski definition) is 3. The van der Waals surface area contributed by atoms with Crippen LogP contribution in [0, 0.1) is 0 Å². The van der Waals surface area contributed by atoms with Crippen molar-refractivity contribution in [2.24, 2.45) is 4.99 Å². The number of rotatable bonds is 6. The second-order valence-electron chi connectivity index (χ2n) is 5.61. The van der Waals surface area contributed by atoms with Crippen molar-refractivity contribution in [2.75, 3.05) is 18.1 Å². The third-order valence-corrected chi connectivity index (χ3v) is 3.76. The Bertz CT molecular complexity index is 637. The Morgan fingerprint density at radius 1 is 1.09 bits per heavy atom. The van der Waals surface area contributed by atoms with Crippen molar-refractivity contribution in [3.63, 3.8) is 0 Å². The molecule has 1 N–H and O–H groups in total. The SMILES string of the molecule is CCCN=C1CCN(c2ccc(OCc3ccccc3)cc2)N1. The fourth-order valence-corrected chi connectivity index (χ4v) is 2.50. The van der Waals surface area contributed by atoms with E-state index < -0.39 is 0 Å². The largest absolute Gasteiger partial charge is 0.489 e. The van der Waals surface area contributed by atoms with E-state index in [0.717, 1.165) is 43.2 Å². The highest BCUT2D eigenvalue weighted by molar-refractivity contribution is 5.86. The first kappa shape index (κ1) is 15.4. The Hall–Kier alpha value is -2.49. The minimum absolute atomic E-state index is 0.593. The van der Waals surface area contributed by atoms with Crippen LogP contribution in [0.5, 0.6) is 5.75 Å². The minimum Gasteiger partial charge on any atom is -0.489 e. The minimum atomic E-state index is 0.593. The van der Waals surface area contributed by atoms with Gasteiger partial charge in [0, 0.05) is 19.5 Å². The first-order valence-corrected chi connectivity index (χ1v) is 8.19. The summed E-state index contributed by atoms with van der Waals surface area (Å²) in [6.45, 7) is 4.58. The molecule has 2 aromatic rings. The maximum Gasteiger partial charge on any atom is 0.119 e. The molecule has 0 aliphatic carbocycles.